The molecule has 2 aliphatic rings. The summed E-state index contributed by atoms with van der Waals surface area (Å²) >= 11 is 1.62. The minimum atomic E-state index is -0.241. The lowest BCUT2D eigenvalue weighted by Gasteiger charge is -2.37. The first-order valence-electron chi connectivity index (χ1n) is 15.4. The van der Waals surface area contributed by atoms with Crippen molar-refractivity contribution >= 4 is 29.4 Å². The lowest BCUT2D eigenvalue weighted by Crippen LogP contribution is -2.47. The van der Waals surface area contributed by atoms with Crippen LogP contribution in [0, 0.1) is 0 Å². The zero-order valence-electron chi connectivity index (χ0n) is 28.0. The molecule has 4 rings (SSSR count). The number of benzene rings is 1. The highest BCUT2D eigenvalue weighted by atomic mass is 32.1. The van der Waals surface area contributed by atoms with E-state index >= 15 is 0 Å². The minimum absolute atomic E-state index is 0.0985. The van der Waals surface area contributed by atoms with Crippen LogP contribution in [0.2, 0.25) is 0 Å². The maximum Gasteiger partial charge on any atom is 0.325 e. The molecule has 1 aromatic heterocycles. The van der Waals surface area contributed by atoms with Crippen molar-refractivity contribution in [3.8, 4) is 11.5 Å². The molecule has 0 radical (unpaired) electrons. The number of likely N-dealkylation sites (N-methyl/N-ethyl adjacent to an activating group) is 2. The van der Waals surface area contributed by atoms with Gasteiger partial charge in [0.25, 0.3) is 0 Å². The van der Waals surface area contributed by atoms with Gasteiger partial charge in [0.05, 0.1) is 42.6 Å². The van der Waals surface area contributed by atoms with Gasteiger partial charge in [0.1, 0.15) is 11.5 Å². The zero-order valence-corrected chi connectivity index (χ0v) is 28.8. The van der Waals surface area contributed by atoms with E-state index in [1.165, 1.54) is 10.6 Å². The van der Waals surface area contributed by atoms with Crippen LogP contribution in [-0.4, -0.2) is 79.8 Å². The number of aldehydes is 1. The number of rotatable bonds is 11. The van der Waals surface area contributed by atoms with Gasteiger partial charge < -0.3 is 19.7 Å². The number of amides is 2. The molecule has 0 saturated carbocycles. The van der Waals surface area contributed by atoms with Gasteiger partial charge in [-0.15, -0.1) is 11.3 Å². The summed E-state index contributed by atoms with van der Waals surface area (Å²) in [5, 5.41) is 10.9. The lowest BCUT2D eigenvalue weighted by molar-refractivity contribution is -0.106. The van der Waals surface area contributed by atoms with Crippen molar-refractivity contribution in [2.75, 3.05) is 41.4 Å². The number of nitrogens with zero attached hydrogens (tertiary/aromatic N) is 4. The molecule has 2 aromatic rings. The summed E-state index contributed by atoms with van der Waals surface area (Å²) in [6.07, 6.45) is 6.56. The Morgan fingerprint density at radius 2 is 1.98 bits per heavy atom. The Bertz CT molecular complexity index is 1310. The Morgan fingerprint density at radius 3 is 2.52 bits per heavy atom. The van der Waals surface area contributed by atoms with Gasteiger partial charge in [-0.3, -0.25) is 14.7 Å². The first-order valence-corrected chi connectivity index (χ1v) is 16.2. The number of nitrogens with one attached hydrogen (secondary N) is 1. The number of hydrogen-bond acceptors (Lipinski definition) is 8. The number of urea groups is 1. The van der Waals surface area contributed by atoms with Crippen LogP contribution in [0.15, 0.2) is 58.8 Å². The Labute approximate surface area is 268 Å². The predicted molar refractivity (Wildman–Crippen MR) is 182 cm³/mol. The largest absolute Gasteiger partial charge is 0.497 e. The van der Waals surface area contributed by atoms with Gasteiger partial charge in [-0.25, -0.2) is 4.79 Å². The maximum atomic E-state index is 13.4. The number of carbonyl (C=O) groups excluding carboxylic acids is 2. The average molecular weight is 626 g/mol. The number of fused-ring (bicyclic) bond motifs is 2. The molecule has 1 unspecified atom stereocenters. The van der Waals surface area contributed by atoms with Crippen molar-refractivity contribution in [1.82, 2.24) is 20.1 Å². The van der Waals surface area contributed by atoms with E-state index in [0.717, 1.165) is 65.6 Å². The monoisotopic (exact) mass is 625 g/mol. The third-order valence-electron chi connectivity index (χ3n) is 7.96. The second-order valence-corrected chi connectivity index (χ2v) is 11.2. The van der Waals surface area contributed by atoms with Crippen molar-refractivity contribution in [1.29, 1.82) is 0 Å². The van der Waals surface area contributed by atoms with Gasteiger partial charge in [0.2, 0.25) is 0 Å². The lowest BCUT2D eigenvalue weighted by atomic mass is 9.85. The summed E-state index contributed by atoms with van der Waals surface area (Å²) in [6, 6.07) is 8.03. The molecule has 0 spiro atoms. The van der Waals surface area contributed by atoms with Crippen LogP contribution in [0.3, 0.4) is 0 Å². The average Bonchev–Trinajstić information content (AvgIpc) is 3.65. The molecule has 1 fully saturated rings. The van der Waals surface area contributed by atoms with Crippen LogP contribution in [0.1, 0.15) is 69.9 Å². The summed E-state index contributed by atoms with van der Waals surface area (Å²) in [5.74, 6) is 1.60. The number of hydrogen-bond donors (Lipinski definition) is 1. The molecule has 2 amide bonds. The van der Waals surface area contributed by atoms with Crippen molar-refractivity contribution in [3.63, 3.8) is 0 Å². The maximum absolute atomic E-state index is 13.4. The van der Waals surface area contributed by atoms with Crippen molar-refractivity contribution in [3.05, 3.63) is 69.7 Å². The second kappa shape index (κ2) is 17.6. The summed E-state index contributed by atoms with van der Waals surface area (Å²) in [5.41, 5.74) is 4.41. The molecule has 3 heterocycles. The van der Waals surface area contributed by atoms with E-state index in [1.54, 1.807) is 32.6 Å². The Morgan fingerprint density at radius 1 is 1.25 bits per heavy atom. The second-order valence-electron chi connectivity index (χ2n) is 10.2. The summed E-state index contributed by atoms with van der Waals surface area (Å²) in [6.45, 7) is 15.9. The fraction of sp³-hybridized carbons (Fsp3) is 0.500. The van der Waals surface area contributed by atoms with Crippen LogP contribution < -0.4 is 14.8 Å². The first-order chi connectivity index (χ1) is 21.2. The zero-order chi connectivity index (χ0) is 32.9. The fourth-order valence-electron chi connectivity index (χ4n) is 5.68. The van der Waals surface area contributed by atoms with Crippen molar-refractivity contribution < 1.29 is 19.1 Å². The number of carbonyl (C=O) groups is 2. The molecule has 2 aliphatic heterocycles. The van der Waals surface area contributed by atoms with Crippen LogP contribution in [0.25, 0.3) is 0 Å². The molecule has 1 saturated heterocycles. The number of methoxy groups -OCH3 is 2. The van der Waals surface area contributed by atoms with E-state index in [0.29, 0.717) is 25.1 Å². The van der Waals surface area contributed by atoms with E-state index < -0.39 is 0 Å². The molecule has 1 N–H and O–H groups in total. The van der Waals surface area contributed by atoms with Crippen molar-refractivity contribution in [2.24, 2.45) is 5.10 Å². The summed E-state index contributed by atoms with van der Waals surface area (Å²) in [4.78, 5) is 28.9. The Balaban J connectivity index is 0.000000355. The number of hydrazone groups is 1. The summed E-state index contributed by atoms with van der Waals surface area (Å²) in [7, 11) is 7.02. The van der Waals surface area contributed by atoms with E-state index in [-0.39, 0.29) is 11.6 Å². The van der Waals surface area contributed by atoms with E-state index in [2.05, 4.69) is 41.8 Å². The first kappa shape index (κ1) is 36.6. The fourth-order valence-corrected chi connectivity index (χ4v) is 6.35. The quantitative estimate of drug-likeness (QED) is 0.130. The topological polar surface area (TPSA) is 86.7 Å². The molecule has 1 atom stereocenters. The Kier molecular flexibility index (Phi) is 14.6. The molecule has 44 heavy (non-hydrogen) atoms. The van der Waals surface area contributed by atoms with Gasteiger partial charge in [-0.2, -0.15) is 5.10 Å². The molecule has 9 nitrogen and oxygen atoms in total. The number of thiophene rings is 1. The highest BCUT2D eigenvalue weighted by molar-refractivity contribution is 7.12. The normalized spacial score (nSPS) is 18.6. The van der Waals surface area contributed by atoms with Crippen LogP contribution >= 0.6 is 11.3 Å². The molecular weight excluding hydrogens is 574 g/mol. The molecule has 0 aliphatic carbocycles. The van der Waals surface area contributed by atoms with E-state index in [9.17, 15) is 9.59 Å². The smallest absolute Gasteiger partial charge is 0.325 e. The number of allylic oxidation sites excluding steroid dienone is 2. The van der Waals surface area contributed by atoms with Crippen LogP contribution in [-0.2, 0) is 17.8 Å². The molecular formula is C34H51N5O4S. The highest BCUT2D eigenvalue weighted by Crippen LogP contribution is 2.44. The van der Waals surface area contributed by atoms with E-state index in [1.807, 2.05) is 62.4 Å². The summed E-state index contributed by atoms with van der Waals surface area (Å²) < 4.78 is 11.1. The standard InChI is InChI=1S/C22H33N3O3.C10H12N2OS.C2H6/c1-6-22(11-12-23-3)20-10-8-9-18-16(13-17(27-4)14-19(18)28-5)15-24(20)21(26)25(22)7-2;1-8(7-13)12(3)11-9(2)10-5-4-6-14-10;1-2/h10,13-14,23H,6-9,11-12,15H2,1-5H3;4-7H,1H2,2-3H3;1-2H3/b20-10-;11-9+;. The molecule has 242 valence electrons. The minimum Gasteiger partial charge on any atom is -0.497 e. The predicted octanol–water partition coefficient (Wildman–Crippen LogP) is 6.69. The molecule has 10 heteroatoms. The van der Waals surface area contributed by atoms with Gasteiger partial charge in [0.15, 0.2) is 6.29 Å². The van der Waals surface area contributed by atoms with Gasteiger partial charge in [-0.1, -0.05) is 39.5 Å². The third-order valence-corrected chi connectivity index (χ3v) is 8.93. The van der Waals surface area contributed by atoms with Crippen molar-refractivity contribution in [2.45, 2.75) is 72.4 Å². The Hall–Kier alpha value is -3.63. The highest BCUT2D eigenvalue weighted by Gasteiger charge is 2.51. The molecule has 0 bridgehead atoms. The van der Waals surface area contributed by atoms with Crippen LogP contribution in [0.5, 0.6) is 11.5 Å². The van der Waals surface area contributed by atoms with Gasteiger partial charge in [0, 0.05) is 25.4 Å². The number of ether oxygens (including phenoxy) is 2. The van der Waals surface area contributed by atoms with Gasteiger partial charge in [-0.05, 0) is 81.8 Å². The van der Waals surface area contributed by atoms with Gasteiger partial charge >= 0.3 is 6.03 Å². The third kappa shape index (κ3) is 8.09. The molecule has 1 aromatic carbocycles. The van der Waals surface area contributed by atoms with Crippen LogP contribution in [0.4, 0.5) is 4.79 Å². The SMILES string of the molecule is C=C(C=O)N(C)/N=C(\C)c1cccs1.CC.CCN1C(=O)N2Cc3cc(OC)cc(OC)c3CC/C=C\2C1(CC)CCNC. The van der Waals surface area contributed by atoms with E-state index in [4.69, 9.17) is 9.47 Å².